The number of nitro benzene ring substituents is 1. The summed E-state index contributed by atoms with van der Waals surface area (Å²) in [7, 11) is 0. The van der Waals surface area contributed by atoms with Gasteiger partial charge in [-0.2, -0.15) is 0 Å². The predicted molar refractivity (Wildman–Crippen MR) is 82.1 cm³/mol. The molecule has 0 atom stereocenters. The molecule has 2 heterocycles. The monoisotopic (exact) mass is 311 g/mol. The topological polar surface area (TPSA) is 86.7 Å². The first-order valence-electron chi connectivity index (χ1n) is 6.90. The molecular formula is C16H13N3O4. The zero-order valence-corrected chi connectivity index (χ0v) is 12.3. The summed E-state index contributed by atoms with van der Waals surface area (Å²) in [6, 6.07) is 9.91. The van der Waals surface area contributed by atoms with Crippen LogP contribution in [0.2, 0.25) is 0 Å². The van der Waals surface area contributed by atoms with Gasteiger partial charge in [-0.15, -0.1) is 0 Å². The second-order valence-electron chi connectivity index (χ2n) is 4.98. The van der Waals surface area contributed by atoms with Gasteiger partial charge < -0.3 is 9.14 Å². The molecule has 0 radical (unpaired) electrons. The number of ether oxygens (including phenoxy) is 1. The lowest BCUT2D eigenvalue weighted by molar-refractivity contribution is -0.385. The summed E-state index contributed by atoms with van der Waals surface area (Å²) in [6.07, 6.45) is 3.61. The van der Waals surface area contributed by atoms with Crippen LogP contribution in [0.3, 0.4) is 0 Å². The maximum absolute atomic E-state index is 12.1. The fraction of sp³-hybridized carbons (Fsp3) is 0.125. The molecular weight excluding hydrogens is 298 g/mol. The van der Waals surface area contributed by atoms with Crippen molar-refractivity contribution in [2.75, 3.05) is 0 Å². The number of benzene rings is 1. The Morgan fingerprint density at radius 3 is 2.87 bits per heavy atom. The second-order valence-corrected chi connectivity index (χ2v) is 4.98. The molecule has 7 nitrogen and oxygen atoms in total. The van der Waals surface area contributed by atoms with Gasteiger partial charge in [0.1, 0.15) is 12.3 Å². The maximum atomic E-state index is 12.1. The number of aromatic nitrogens is 2. The third-order valence-electron chi connectivity index (χ3n) is 3.49. The molecule has 0 bridgehead atoms. The van der Waals surface area contributed by atoms with Crippen LogP contribution in [0.5, 0.6) is 0 Å². The van der Waals surface area contributed by atoms with Gasteiger partial charge in [-0.3, -0.25) is 10.1 Å². The highest BCUT2D eigenvalue weighted by atomic mass is 16.6. The van der Waals surface area contributed by atoms with Gasteiger partial charge in [0.05, 0.1) is 16.2 Å². The van der Waals surface area contributed by atoms with Crippen LogP contribution in [0.15, 0.2) is 48.8 Å². The number of fused-ring (bicyclic) bond motifs is 1. The van der Waals surface area contributed by atoms with Crippen LogP contribution in [0.1, 0.15) is 21.6 Å². The predicted octanol–water partition coefficient (Wildman–Crippen LogP) is 2.91. The number of carbonyl (C=O) groups excluding carboxylic acids is 1. The fourth-order valence-corrected chi connectivity index (χ4v) is 2.32. The molecule has 0 N–H and O–H groups in total. The molecule has 0 saturated carbocycles. The molecule has 1 aromatic carbocycles. The molecule has 3 aromatic rings. The summed E-state index contributed by atoms with van der Waals surface area (Å²) in [5, 5.41) is 10.9. The minimum absolute atomic E-state index is 0.00262. The van der Waals surface area contributed by atoms with E-state index >= 15 is 0 Å². The molecule has 0 spiro atoms. The Morgan fingerprint density at radius 2 is 2.13 bits per heavy atom. The molecule has 0 aliphatic carbocycles. The summed E-state index contributed by atoms with van der Waals surface area (Å²) < 4.78 is 7.04. The average Bonchev–Trinajstić information content (AvgIpc) is 2.95. The highest BCUT2D eigenvalue weighted by Crippen LogP contribution is 2.22. The summed E-state index contributed by atoms with van der Waals surface area (Å²) in [5.41, 5.74) is 1.73. The second kappa shape index (κ2) is 5.88. The number of nitro groups is 1. The van der Waals surface area contributed by atoms with E-state index in [0.717, 1.165) is 5.65 Å². The molecule has 0 saturated heterocycles. The van der Waals surface area contributed by atoms with Gasteiger partial charge in [-0.05, 0) is 25.1 Å². The first kappa shape index (κ1) is 14.7. The number of carbonyl (C=O) groups is 1. The van der Waals surface area contributed by atoms with E-state index in [0.29, 0.717) is 5.69 Å². The molecule has 23 heavy (non-hydrogen) atoms. The van der Waals surface area contributed by atoms with E-state index in [4.69, 9.17) is 4.74 Å². The van der Waals surface area contributed by atoms with Crippen molar-refractivity contribution in [3.8, 4) is 0 Å². The van der Waals surface area contributed by atoms with Crippen molar-refractivity contribution in [1.29, 1.82) is 0 Å². The lowest BCUT2D eigenvalue weighted by atomic mass is 10.1. The van der Waals surface area contributed by atoms with Crippen LogP contribution in [-0.2, 0) is 11.3 Å². The van der Waals surface area contributed by atoms with E-state index in [1.807, 2.05) is 28.8 Å². The van der Waals surface area contributed by atoms with Crippen LogP contribution in [0.4, 0.5) is 5.69 Å². The Morgan fingerprint density at radius 1 is 1.30 bits per heavy atom. The van der Waals surface area contributed by atoms with Crippen molar-refractivity contribution in [2.45, 2.75) is 13.5 Å². The summed E-state index contributed by atoms with van der Waals surface area (Å²) in [6.45, 7) is 1.53. The quantitative estimate of drug-likeness (QED) is 0.420. The molecule has 116 valence electrons. The third kappa shape index (κ3) is 2.89. The standard InChI is InChI=1S/C16H13N3O4/c1-11-13(5-4-6-14(11)19(21)22)16(20)23-10-12-9-18-8-3-2-7-15(18)17-12/h2-9H,10H2,1H3. The number of hydrogen-bond donors (Lipinski definition) is 0. The number of hydrogen-bond acceptors (Lipinski definition) is 5. The SMILES string of the molecule is Cc1c(C(=O)OCc2cn3ccccc3n2)cccc1[N+](=O)[O-]. The maximum Gasteiger partial charge on any atom is 0.339 e. The summed E-state index contributed by atoms with van der Waals surface area (Å²) >= 11 is 0. The van der Waals surface area contributed by atoms with E-state index in [1.54, 1.807) is 6.20 Å². The normalized spacial score (nSPS) is 10.7. The molecule has 2 aromatic heterocycles. The van der Waals surface area contributed by atoms with Gasteiger partial charge in [-0.1, -0.05) is 12.1 Å². The van der Waals surface area contributed by atoms with Gasteiger partial charge in [0, 0.05) is 24.0 Å². The summed E-state index contributed by atoms with van der Waals surface area (Å²) in [5.74, 6) is -0.608. The highest BCUT2D eigenvalue weighted by molar-refractivity contribution is 5.92. The van der Waals surface area contributed by atoms with Crippen LogP contribution in [0.25, 0.3) is 5.65 Å². The highest BCUT2D eigenvalue weighted by Gasteiger charge is 2.19. The van der Waals surface area contributed by atoms with Crippen molar-refractivity contribution >= 4 is 17.3 Å². The molecule has 0 aliphatic heterocycles. The van der Waals surface area contributed by atoms with Gasteiger partial charge in [0.25, 0.3) is 5.69 Å². The third-order valence-corrected chi connectivity index (χ3v) is 3.49. The Hall–Kier alpha value is -3.22. The Bertz CT molecular complexity index is 868. The van der Waals surface area contributed by atoms with E-state index in [2.05, 4.69) is 4.98 Å². The number of nitrogens with zero attached hydrogens (tertiary/aromatic N) is 3. The van der Waals surface area contributed by atoms with Crippen LogP contribution in [0, 0.1) is 17.0 Å². The Labute approximate surface area is 131 Å². The van der Waals surface area contributed by atoms with Crippen LogP contribution < -0.4 is 0 Å². The molecule has 0 fully saturated rings. The van der Waals surface area contributed by atoms with E-state index in [-0.39, 0.29) is 23.4 Å². The van der Waals surface area contributed by atoms with Crippen LogP contribution >= 0.6 is 0 Å². The minimum Gasteiger partial charge on any atom is -0.456 e. The number of pyridine rings is 1. The van der Waals surface area contributed by atoms with E-state index < -0.39 is 10.9 Å². The lowest BCUT2D eigenvalue weighted by Crippen LogP contribution is -2.08. The zero-order valence-electron chi connectivity index (χ0n) is 12.3. The minimum atomic E-state index is -0.608. The lowest BCUT2D eigenvalue weighted by Gasteiger charge is -2.06. The van der Waals surface area contributed by atoms with Crippen molar-refractivity contribution in [3.05, 3.63) is 75.7 Å². The zero-order chi connectivity index (χ0) is 16.4. The average molecular weight is 311 g/mol. The van der Waals surface area contributed by atoms with E-state index in [1.165, 1.54) is 25.1 Å². The van der Waals surface area contributed by atoms with Gasteiger partial charge in [-0.25, -0.2) is 9.78 Å². The smallest absolute Gasteiger partial charge is 0.339 e. The van der Waals surface area contributed by atoms with Crippen molar-refractivity contribution in [3.63, 3.8) is 0 Å². The summed E-state index contributed by atoms with van der Waals surface area (Å²) in [4.78, 5) is 26.9. The first-order valence-corrected chi connectivity index (χ1v) is 6.90. The Balaban J connectivity index is 1.77. The first-order chi connectivity index (χ1) is 11.1. The fourth-order valence-electron chi connectivity index (χ4n) is 2.32. The molecule has 3 rings (SSSR count). The number of rotatable bonds is 4. The van der Waals surface area contributed by atoms with Crippen molar-refractivity contribution in [1.82, 2.24) is 9.38 Å². The van der Waals surface area contributed by atoms with Crippen LogP contribution in [-0.4, -0.2) is 20.3 Å². The van der Waals surface area contributed by atoms with Gasteiger partial charge >= 0.3 is 5.97 Å². The van der Waals surface area contributed by atoms with E-state index in [9.17, 15) is 14.9 Å². The largest absolute Gasteiger partial charge is 0.456 e. The molecule has 0 aliphatic rings. The Kier molecular flexibility index (Phi) is 3.76. The van der Waals surface area contributed by atoms with Crippen molar-refractivity contribution < 1.29 is 14.5 Å². The molecule has 0 amide bonds. The molecule has 0 unspecified atom stereocenters. The molecule has 7 heteroatoms. The number of imidazole rings is 1. The van der Waals surface area contributed by atoms with Crippen molar-refractivity contribution in [2.24, 2.45) is 0 Å². The number of esters is 1. The van der Waals surface area contributed by atoms with Gasteiger partial charge in [0.2, 0.25) is 0 Å². The van der Waals surface area contributed by atoms with Gasteiger partial charge in [0.15, 0.2) is 0 Å².